The first-order valence-electron chi connectivity index (χ1n) is 8.30. The summed E-state index contributed by atoms with van der Waals surface area (Å²) in [6.45, 7) is 7.66. The number of carbonyl (C=O) groups excluding carboxylic acids is 1. The normalized spacial score (nSPS) is 20.5. The molecule has 2 aromatic rings. The number of ether oxygens (including phenoxy) is 1. The lowest BCUT2D eigenvalue weighted by Crippen LogP contribution is -2.53. The maximum Gasteiger partial charge on any atom is 0.424 e. The summed E-state index contributed by atoms with van der Waals surface area (Å²) in [6.07, 6.45) is -0.870. The fourth-order valence-corrected chi connectivity index (χ4v) is 4.77. The van der Waals surface area contributed by atoms with Crippen molar-refractivity contribution in [1.29, 1.82) is 0 Å². The molecule has 2 aromatic carbocycles. The van der Waals surface area contributed by atoms with E-state index in [4.69, 9.17) is 4.74 Å². The van der Waals surface area contributed by atoms with E-state index in [-0.39, 0.29) is 17.4 Å². The van der Waals surface area contributed by atoms with Crippen molar-refractivity contribution in [3.63, 3.8) is 0 Å². The van der Waals surface area contributed by atoms with Crippen LogP contribution in [0.1, 0.15) is 24.0 Å². The first kappa shape index (κ1) is 18.2. The summed E-state index contributed by atoms with van der Waals surface area (Å²) in [6, 6.07) is 15.1. The van der Waals surface area contributed by atoms with Gasteiger partial charge in [0.1, 0.15) is 6.61 Å². The Morgan fingerprint density at radius 3 is 2.31 bits per heavy atom. The highest BCUT2D eigenvalue weighted by molar-refractivity contribution is 7.89. The summed E-state index contributed by atoms with van der Waals surface area (Å²) in [5.41, 5.74) is 2.42. The minimum Gasteiger partial charge on any atom is -0.448 e. The van der Waals surface area contributed by atoms with Crippen LogP contribution in [0.15, 0.2) is 71.6 Å². The molecule has 0 aliphatic carbocycles. The van der Waals surface area contributed by atoms with Gasteiger partial charge in [0.15, 0.2) is 0 Å². The third kappa shape index (κ3) is 3.24. The molecule has 136 valence electrons. The van der Waals surface area contributed by atoms with E-state index in [1.807, 2.05) is 37.3 Å². The van der Waals surface area contributed by atoms with Gasteiger partial charge in [-0.25, -0.2) is 13.2 Å². The third-order valence-corrected chi connectivity index (χ3v) is 6.27. The highest BCUT2D eigenvalue weighted by atomic mass is 32.2. The first-order chi connectivity index (χ1) is 12.3. The fourth-order valence-electron chi connectivity index (χ4n) is 3.19. The van der Waals surface area contributed by atoms with Gasteiger partial charge in [-0.15, -0.1) is 0 Å². The Labute approximate surface area is 154 Å². The quantitative estimate of drug-likeness (QED) is 0.766. The zero-order chi connectivity index (χ0) is 18.9. The van der Waals surface area contributed by atoms with Gasteiger partial charge in [-0.3, -0.25) is 0 Å². The molecule has 1 aliphatic rings. The van der Waals surface area contributed by atoms with E-state index >= 15 is 0 Å². The molecule has 1 fully saturated rings. The molecular formula is C20H21NO4S. The molecular weight excluding hydrogens is 350 g/mol. The van der Waals surface area contributed by atoms with E-state index in [1.165, 1.54) is 12.1 Å². The van der Waals surface area contributed by atoms with Gasteiger partial charge in [-0.05, 0) is 31.5 Å². The minimum absolute atomic E-state index is 0.0556. The lowest BCUT2D eigenvalue weighted by Gasteiger charge is -2.40. The van der Waals surface area contributed by atoms with E-state index in [0.29, 0.717) is 5.57 Å². The number of benzene rings is 2. The van der Waals surface area contributed by atoms with E-state index in [0.717, 1.165) is 15.4 Å². The molecule has 0 unspecified atom stereocenters. The number of sulfonamides is 1. The summed E-state index contributed by atoms with van der Waals surface area (Å²) in [7, 11) is -4.07. The van der Waals surface area contributed by atoms with Gasteiger partial charge in [0.05, 0.1) is 10.9 Å². The van der Waals surface area contributed by atoms with Gasteiger partial charge in [0.2, 0.25) is 0 Å². The second-order valence-corrected chi connectivity index (χ2v) is 8.31. The van der Waals surface area contributed by atoms with Gasteiger partial charge in [-0.1, -0.05) is 60.2 Å². The fraction of sp³-hybridized carbons (Fsp3) is 0.250. The third-order valence-electron chi connectivity index (χ3n) is 4.51. The molecule has 0 N–H and O–H groups in total. The van der Waals surface area contributed by atoms with Crippen molar-refractivity contribution in [2.75, 3.05) is 6.61 Å². The lowest BCUT2D eigenvalue weighted by molar-refractivity contribution is 0.0733. The minimum atomic E-state index is -4.07. The van der Waals surface area contributed by atoms with Crippen molar-refractivity contribution in [3.05, 3.63) is 77.9 Å². The van der Waals surface area contributed by atoms with Crippen molar-refractivity contribution < 1.29 is 17.9 Å². The molecule has 1 saturated heterocycles. The molecule has 1 amide bonds. The van der Waals surface area contributed by atoms with E-state index in [9.17, 15) is 13.2 Å². The van der Waals surface area contributed by atoms with Crippen molar-refractivity contribution in [1.82, 2.24) is 4.31 Å². The molecule has 0 radical (unpaired) electrons. The largest absolute Gasteiger partial charge is 0.448 e. The molecule has 0 aromatic heterocycles. The molecule has 0 spiro atoms. The van der Waals surface area contributed by atoms with Gasteiger partial charge < -0.3 is 4.74 Å². The maximum atomic E-state index is 13.2. The summed E-state index contributed by atoms with van der Waals surface area (Å²) >= 11 is 0. The molecule has 2 atom stereocenters. The Bertz CT molecular complexity index is 920. The number of hydrogen-bond acceptors (Lipinski definition) is 4. The smallest absolute Gasteiger partial charge is 0.424 e. The Hall–Kier alpha value is -2.60. The Morgan fingerprint density at radius 1 is 1.12 bits per heavy atom. The van der Waals surface area contributed by atoms with Crippen LogP contribution in [0.3, 0.4) is 0 Å². The van der Waals surface area contributed by atoms with E-state index in [2.05, 4.69) is 6.58 Å². The van der Waals surface area contributed by atoms with E-state index < -0.39 is 22.2 Å². The number of nitrogens with zero attached hydrogens (tertiary/aromatic N) is 1. The topological polar surface area (TPSA) is 63.7 Å². The second kappa shape index (κ2) is 6.96. The Kier molecular flexibility index (Phi) is 4.87. The molecule has 3 rings (SSSR count). The molecule has 6 heteroatoms. The number of aryl methyl sites for hydroxylation is 1. The predicted molar refractivity (Wildman–Crippen MR) is 99.3 cm³/mol. The van der Waals surface area contributed by atoms with Gasteiger partial charge >= 0.3 is 6.09 Å². The molecule has 0 bridgehead atoms. The van der Waals surface area contributed by atoms with Crippen LogP contribution in [-0.2, 0) is 14.8 Å². The SMILES string of the molecule is C=C(C)[C@H]1[C@H](c2ccccc2)COC(=O)N1S(=O)(=O)c1ccc(C)cc1. The van der Waals surface area contributed by atoms with Gasteiger partial charge in [-0.2, -0.15) is 4.31 Å². The zero-order valence-corrected chi connectivity index (χ0v) is 15.6. The molecule has 26 heavy (non-hydrogen) atoms. The van der Waals surface area contributed by atoms with Crippen LogP contribution in [0.4, 0.5) is 4.79 Å². The maximum absolute atomic E-state index is 13.2. The van der Waals surface area contributed by atoms with Crippen LogP contribution in [-0.4, -0.2) is 31.5 Å². The highest BCUT2D eigenvalue weighted by Crippen LogP contribution is 2.36. The summed E-state index contributed by atoms with van der Waals surface area (Å²) in [5, 5.41) is 0. The van der Waals surface area contributed by atoms with Crippen molar-refractivity contribution >= 4 is 16.1 Å². The average molecular weight is 371 g/mol. The van der Waals surface area contributed by atoms with Crippen LogP contribution in [0.5, 0.6) is 0 Å². The van der Waals surface area contributed by atoms with Crippen LogP contribution < -0.4 is 0 Å². The zero-order valence-electron chi connectivity index (χ0n) is 14.8. The van der Waals surface area contributed by atoms with Crippen molar-refractivity contribution in [3.8, 4) is 0 Å². The Balaban J connectivity index is 2.09. The average Bonchev–Trinajstić information content (AvgIpc) is 2.62. The summed E-state index contributed by atoms with van der Waals surface area (Å²) in [4.78, 5) is 12.5. The van der Waals surface area contributed by atoms with Crippen LogP contribution in [0.2, 0.25) is 0 Å². The monoisotopic (exact) mass is 371 g/mol. The summed E-state index contributed by atoms with van der Waals surface area (Å²) < 4.78 is 32.4. The second-order valence-electron chi connectivity index (χ2n) is 6.50. The number of hydrogen-bond donors (Lipinski definition) is 0. The van der Waals surface area contributed by atoms with Crippen molar-refractivity contribution in [2.24, 2.45) is 0 Å². The van der Waals surface area contributed by atoms with Crippen LogP contribution in [0.25, 0.3) is 0 Å². The molecule has 5 nitrogen and oxygen atoms in total. The standard InChI is InChI=1S/C20H21NO4S/c1-14(2)19-18(16-7-5-4-6-8-16)13-25-20(22)21(19)26(23,24)17-11-9-15(3)10-12-17/h4-12,18-19H,1,13H2,2-3H3/t18-,19-/m0/s1. The number of rotatable bonds is 4. The van der Waals surface area contributed by atoms with Gasteiger partial charge in [0, 0.05) is 5.92 Å². The number of cyclic esters (lactones) is 1. The lowest BCUT2D eigenvalue weighted by atomic mass is 9.88. The highest BCUT2D eigenvalue weighted by Gasteiger charge is 2.45. The van der Waals surface area contributed by atoms with Crippen LogP contribution in [0, 0.1) is 6.92 Å². The van der Waals surface area contributed by atoms with E-state index in [1.54, 1.807) is 19.1 Å². The van der Waals surface area contributed by atoms with Gasteiger partial charge in [0.25, 0.3) is 10.0 Å². The Morgan fingerprint density at radius 2 is 1.73 bits per heavy atom. The molecule has 1 heterocycles. The van der Waals surface area contributed by atoms with Crippen molar-refractivity contribution in [2.45, 2.75) is 30.7 Å². The number of carbonyl (C=O) groups is 1. The number of amides is 1. The van der Waals surface area contributed by atoms with Crippen LogP contribution >= 0.6 is 0 Å². The summed E-state index contributed by atoms with van der Waals surface area (Å²) in [5.74, 6) is -0.313. The molecule has 1 aliphatic heterocycles. The predicted octanol–water partition coefficient (Wildman–Crippen LogP) is 3.86. The molecule has 0 saturated carbocycles. The first-order valence-corrected chi connectivity index (χ1v) is 9.74.